The Kier molecular flexibility index (Phi) is 2.22. The molecule has 0 bridgehead atoms. The van der Waals surface area contributed by atoms with Gasteiger partial charge in [0.2, 0.25) is 0 Å². The molecule has 0 aliphatic heterocycles. The highest BCUT2D eigenvalue weighted by Crippen LogP contribution is 2.34. The molecule has 0 saturated heterocycles. The Morgan fingerprint density at radius 1 is 1.18 bits per heavy atom. The van der Waals surface area contributed by atoms with Crippen molar-refractivity contribution in [3.63, 3.8) is 0 Å². The fourth-order valence-corrected chi connectivity index (χ4v) is 2.34. The molecule has 0 heterocycles. The Hall–Kier alpha value is -2.09. The van der Waals surface area contributed by atoms with E-state index in [2.05, 4.69) is 0 Å². The first-order valence-corrected chi connectivity index (χ1v) is 5.61. The normalized spacial score (nSPS) is 13.8. The van der Waals surface area contributed by atoms with E-state index in [1.54, 1.807) is 7.11 Å². The fourth-order valence-electron chi connectivity index (χ4n) is 2.34. The maximum absolute atomic E-state index is 11.9. The summed E-state index contributed by atoms with van der Waals surface area (Å²) in [6, 6.07) is 9.85. The summed E-state index contributed by atoms with van der Waals surface area (Å²) in [7, 11) is 1.64. The highest BCUT2D eigenvalue weighted by atomic mass is 16.5. The van der Waals surface area contributed by atoms with Gasteiger partial charge in [-0.1, -0.05) is 36.4 Å². The maximum atomic E-state index is 11.9. The number of allylic oxidation sites excluding steroid dienone is 1. The zero-order valence-corrected chi connectivity index (χ0v) is 9.57. The predicted molar refractivity (Wildman–Crippen MR) is 68.5 cm³/mol. The van der Waals surface area contributed by atoms with Gasteiger partial charge in [0.1, 0.15) is 5.75 Å². The van der Waals surface area contributed by atoms with Gasteiger partial charge in [-0.3, -0.25) is 4.79 Å². The minimum absolute atomic E-state index is 0.159. The number of hydrogen-bond donors (Lipinski definition) is 0. The molecule has 0 saturated carbocycles. The van der Waals surface area contributed by atoms with Gasteiger partial charge in [0.15, 0.2) is 5.78 Å². The number of ether oxygens (including phenoxy) is 1. The van der Waals surface area contributed by atoms with Crippen LogP contribution in [0.3, 0.4) is 0 Å². The van der Waals surface area contributed by atoms with Crippen LogP contribution in [0.4, 0.5) is 0 Å². The molecule has 3 rings (SSSR count). The van der Waals surface area contributed by atoms with Crippen LogP contribution in [0.25, 0.3) is 16.8 Å². The minimum atomic E-state index is 0.159. The SMILES string of the molecule is COc1cc2c(c3ccccc13)C=CCC2=O. The van der Waals surface area contributed by atoms with Gasteiger partial charge in [-0.25, -0.2) is 0 Å². The lowest BCUT2D eigenvalue weighted by molar-refractivity contribution is 0.0994. The maximum Gasteiger partial charge on any atom is 0.167 e. The standard InChI is InChI=1S/C15H12O2/c1-17-15-9-13-11(7-4-8-14(13)16)10-5-2-3-6-12(10)15/h2-7,9H,8H2,1H3. The summed E-state index contributed by atoms with van der Waals surface area (Å²) in [6.45, 7) is 0. The smallest absolute Gasteiger partial charge is 0.167 e. The highest BCUT2D eigenvalue weighted by molar-refractivity contribution is 6.10. The molecule has 2 heteroatoms. The molecule has 0 atom stereocenters. The van der Waals surface area contributed by atoms with Crippen LogP contribution in [0.2, 0.25) is 0 Å². The number of fused-ring (bicyclic) bond motifs is 3. The van der Waals surface area contributed by atoms with Crippen molar-refractivity contribution in [1.82, 2.24) is 0 Å². The van der Waals surface area contributed by atoms with Gasteiger partial charge in [-0.2, -0.15) is 0 Å². The quantitative estimate of drug-likeness (QED) is 0.741. The molecule has 0 aromatic heterocycles. The number of benzene rings is 2. The lowest BCUT2D eigenvalue weighted by Gasteiger charge is -2.15. The molecule has 0 spiro atoms. The van der Waals surface area contributed by atoms with E-state index in [1.807, 2.05) is 42.5 Å². The number of hydrogen-bond acceptors (Lipinski definition) is 2. The zero-order chi connectivity index (χ0) is 11.8. The van der Waals surface area contributed by atoms with Gasteiger partial charge in [0.25, 0.3) is 0 Å². The van der Waals surface area contributed by atoms with Crippen molar-refractivity contribution < 1.29 is 9.53 Å². The first kappa shape index (κ1) is 10.1. The number of Topliss-reactive ketones (excluding diaryl/α,β-unsaturated/α-hetero) is 1. The summed E-state index contributed by atoms with van der Waals surface area (Å²) in [5, 5.41) is 2.12. The van der Waals surface area contributed by atoms with Gasteiger partial charge in [-0.15, -0.1) is 0 Å². The van der Waals surface area contributed by atoms with E-state index in [9.17, 15) is 4.79 Å². The Labute approximate surface area is 99.5 Å². The number of rotatable bonds is 1. The van der Waals surface area contributed by atoms with Gasteiger partial charge in [0.05, 0.1) is 7.11 Å². The van der Waals surface area contributed by atoms with Crippen LogP contribution >= 0.6 is 0 Å². The number of carbonyl (C=O) groups is 1. The van der Waals surface area contributed by atoms with E-state index in [0.29, 0.717) is 6.42 Å². The lowest BCUT2D eigenvalue weighted by atomic mass is 9.91. The van der Waals surface area contributed by atoms with Crippen LogP contribution in [0.5, 0.6) is 5.75 Å². The first-order chi connectivity index (χ1) is 8.31. The average Bonchev–Trinajstić information content (AvgIpc) is 2.38. The second kappa shape index (κ2) is 3.74. The monoisotopic (exact) mass is 224 g/mol. The van der Waals surface area contributed by atoms with Crippen molar-refractivity contribution in [2.24, 2.45) is 0 Å². The summed E-state index contributed by atoms with van der Waals surface area (Å²) in [4.78, 5) is 11.9. The van der Waals surface area contributed by atoms with Crippen molar-refractivity contribution in [1.29, 1.82) is 0 Å². The molecule has 0 amide bonds. The summed E-state index contributed by atoms with van der Waals surface area (Å²) >= 11 is 0. The highest BCUT2D eigenvalue weighted by Gasteiger charge is 2.17. The van der Waals surface area contributed by atoms with Crippen molar-refractivity contribution >= 4 is 22.6 Å². The van der Waals surface area contributed by atoms with E-state index in [0.717, 1.165) is 27.6 Å². The van der Waals surface area contributed by atoms with Crippen molar-refractivity contribution in [3.05, 3.63) is 47.5 Å². The zero-order valence-electron chi connectivity index (χ0n) is 9.57. The van der Waals surface area contributed by atoms with Crippen LogP contribution in [-0.2, 0) is 0 Å². The van der Waals surface area contributed by atoms with Gasteiger partial charge < -0.3 is 4.74 Å². The third-order valence-electron chi connectivity index (χ3n) is 3.16. The summed E-state index contributed by atoms with van der Waals surface area (Å²) in [5.41, 5.74) is 1.78. The molecular formula is C15H12O2. The van der Waals surface area contributed by atoms with Gasteiger partial charge in [0, 0.05) is 17.4 Å². The molecule has 2 aromatic carbocycles. The molecule has 17 heavy (non-hydrogen) atoms. The Morgan fingerprint density at radius 3 is 2.71 bits per heavy atom. The third-order valence-corrected chi connectivity index (χ3v) is 3.16. The van der Waals surface area contributed by atoms with Gasteiger partial charge >= 0.3 is 0 Å². The predicted octanol–water partition coefficient (Wildman–Crippen LogP) is 3.45. The number of carbonyl (C=O) groups excluding carboxylic acids is 1. The molecule has 1 aliphatic carbocycles. The van der Waals surface area contributed by atoms with E-state index < -0.39 is 0 Å². The second-order valence-electron chi connectivity index (χ2n) is 4.12. The van der Waals surface area contributed by atoms with Crippen LogP contribution in [0.1, 0.15) is 22.3 Å². The third kappa shape index (κ3) is 1.45. The molecule has 2 aromatic rings. The topological polar surface area (TPSA) is 26.3 Å². The largest absolute Gasteiger partial charge is 0.496 e. The number of methoxy groups -OCH3 is 1. The molecule has 1 aliphatic rings. The van der Waals surface area contributed by atoms with Crippen LogP contribution in [0.15, 0.2) is 36.4 Å². The summed E-state index contributed by atoms with van der Waals surface area (Å²) in [5.74, 6) is 0.926. The van der Waals surface area contributed by atoms with Crippen molar-refractivity contribution in [2.45, 2.75) is 6.42 Å². The molecule has 0 N–H and O–H groups in total. The van der Waals surface area contributed by atoms with Crippen molar-refractivity contribution in [3.8, 4) is 5.75 Å². The van der Waals surface area contributed by atoms with Crippen LogP contribution in [0, 0.1) is 0 Å². The van der Waals surface area contributed by atoms with Gasteiger partial charge in [-0.05, 0) is 17.0 Å². The lowest BCUT2D eigenvalue weighted by Crippen LogP contribution is -2.05. The Bertz CT molecular complexity index is 639. The molecule has 0 fully saturated rings. The Morgan fingerprint density at radius 2 is 1.94 bits per heavy atom. The summed E-state index contributed by atoms with van der Waals surface area (Å²) < 4.78 is 5.37. The molecule has 2 nitrogen and oxygen atoms in total. The van der Waals surface area contributed by atoms with Crippen LogP contribution < -0.4 is 4.74 Å². The van der Waals surface area contributed by atoms with E-state index in [4.69, 9.17) is 4.74 Å². The fraction of sp³-hybridized carbons (Fsp3) is 0.133. The van der Waals surface area contributed by atoms with E-state index >= 15 is 0 Å². The van der Waals surface area contributed by atoms with E-state index in [1.165, 1.54) is 0 Å². The molecule has 0 unspecified atom stereocenters. The Balaban J connectivity index is 2.46. The minimum Gasteiger partial charge on any atom is -0.496 e. The second-order valence-corrected chi connectivity index (χ2v) is 4.12. The van der Waals surface area contributed by atoms with E-state index in [-0.39, 0.29) is 5.78 Å². The first-order valence-electron chi connectivity index (χ1n) is 5.61. The molecular weight excluding hydrogens is 212 g/mol. The average molecular weight is 224 g/mol. The van der Waals surface area contributed by atoms with Crippen LogP contribution in [-0.4, -0.2) is 12.9 Å². The summed E-state index contributed by atoms with van der Waals surface area (Å²) in [6.07, 6.45) is 4.43. The molecule has 0 radical (unpaired) electrons. The van der Waals surface area contributed by atoms with Crippen molar-refractivity contribution in [2.75, 3.05) is 7.11 Å². The number of ketones is 1. The molecule has 84 valence electrons.